The fourth-order valence-electron chi connectivity index (χ4n) is 1.49. The van der Waals surface area contributed by atoms with Gasteiger partial charge in [-0.3, -0.25) is 4.79 Å². The van der Waals surface area contributed by atoms with Gasteiger partial charge in [-0.1, -0.05) is 5.16 Å². The molecule has 0 aliphatic rings. The SMILES string of the molecule is Cc1nc(CNC(=O)c2cnoc2C)sc1C(=O)O. The van der Waals surface area contributed by atoms with Crippen molar-refractivity contribution in [1.82, 2.24) is 15.5 Å². The Hall–Kier alpha value is -2.22. The first-order valence-electron chi connectivity index (χ1n) is 5.38. The van der Waals surface area contributed by atoms with Crippen LogP contribution >= 0.6 is 11.3 Å². The lowest BCUT2D eigenvalue weighted by molar-refractivity contribution is 0.0701. The van der Waals surface area contributed by atoms with Gasteiger partial charge in [-0.05, 0) is 13.8 Å². The first-order chi connectivity index (χ1) is 8.99. The molecule has 0 fully saturated rings. The Balaban J connectivity index is 2.03. The largest absolute Gasteiger partial charge is 0.477 e. The molecule has 0 atom stereocenters. The lowest BCUT2D eigenvalue weighted by atomic mass is 10.2. The summed E-state index contributed by atoms with van der Waals surface area (Å²) >= 11 is 1.05. The van der Waals surface area contributed by atoms with E-state index in [-0.39, 0.29) is 17.3 Å². The standard InChI is InChI=1S/C11H11N3O4S/c1-5-9(11(16)17)19-8(14-5)4-12-10(15)7-3-13-18-6(7)2/h3H,4H2,1-2H3,(H,12,15)(H,16,17). The van der Waals surface area contributed by atoms with Crippen LogP contribution in [0.1, 0.15) is 36.5 Å². The van der Waals surface area contributed by atoms with Crippen LogP contribution in [0.25, 0.3) is 0 Å². The Morgan fingerprint density at radius 3 is 2.74 bits per heavy atom. The van der Waals surface area contributed by atoms with Crippen LogP contribution in [0.15, 0.2) is 10.7 Å². The average Bonchev–Trinajstić information content (AvgIpc) is 2.92. The minimum Gasteiger partial charge on any atom is -0.477 e. The highest BCUT2D eigenvalue weighted by Crippen LogP contribution is 2.18. The van der Waals surface area contributed by atoms with Gasteiger partial charge in [0.1, 0.15) is 21.2 Å². The van der Waals surface area contributed by atoms with Gasteiger partial charge in [0.2, 0.25) is 0 Å². The van der Waals surface area contributed by atoms with Crippen LogP contribution in [0.5, 0.6) is 0 Å². The number of hydrogen-bond donors (Lipinski definition) is 2. The van der Waals surface area contributed by atoms with Crippen molar-refractivity contribution in [1.29, 1.82) is 0 Å². The number of aromatic nitrogens is 2. The average molecular weight is 281 g/mol. The second-order valence-corrected chi connectivity index (χ2v) is 4.89. The van der Waals surface area contributed by atoms with E-state index in [0.29, 0.717) is 22.0 Å². The van der Waals surface area contributed by atoms with Gasteiger partial charge >= 0.3 is 5.97 Å². The van der Waals surface area contributed by atoms with E-state index in [9.17, 15) is 9.59 Å². The van der Waals surface area contributed by atoms with Gasteiger partial charge in [0, 0.05) is 0 Å². The number of aromatic carboxylic acids is 1. The quantitative estimate of drug-likeness (QED) is 0.877. The fraction of sp³-hybridized carbons (Fsp3) is 0.273. The maximum atomic E-state index is 11.8. The number of carbonyl (C=O) groups excluding carboxylic acids is 1. The molecule has 1 amide bonds. The second kappa shape index (κ2) is 5.19. The molecule has 8 heteroatoms. The molecule has 0 aromatic carbocycles. The minimum absolute atomic E-state index is 0.169. The van der Waals surface area contributed by atoms with Crippen molar-refractivity contribution in [3.05, 3.63) is 33.1 Å². The van der Waals surface area contributed by atoms with Crippen molar-refractivity contribution < 1.29 is 19.2 Å². The maximum absolute atomic E-state index is 11.8. The number of thiazole rings is 1. The topological polar surface area (TPSA) is 105 Å². The van der Waals surface area contributed by atoms with Crippen LogP contribution in [0.3, 0.4) is 0 Å². The van der Waals surface area contributed by atoms with E-state index in [1.807, 2.05) is 0 Å². The molecule has 0 unspecified atom stereocenters. The number of carboxylic acids is 1. The molecule has 0 aliphatic heterocycles. The molecule has 2 aromatic rings. The number of nitrogens with one attached hydrogen (secondary N) is 1. The van der Waals surface area contributed by atoms with Crippen LogP contribution in [0, 0.1) is 13.8 Å². The zero-order valence-electron chi connectivity index (χ0n) is 10.3. The molecule has 0 bridgehead atoms. The molecular formula is C11H11N3O4S. The normalized spacial score (nSPS) is 10.4. The van der Waals surface area contributed by atoms with E-state index in [0.717, 1.165) is 11.3 Å². The molecule has 0 spiro atoms. The van der Waals surface area contributed by atoms with Gasteiger partial charge in [-0.15, -0.1) is 11.3 Å². The van der Waals surface area contributed by atoms with Crippen LogP contribution in [0.2, 0.25) is 0 Å². The number of hydrogen-bond acceptors (Lipinski definition) is 6. The molecular weight excluding hydrogens is 270 g/mol. The van der Waals surface area contributed by atoms with E-state index in [2.05, 4.69) is 15.5 Å². The van der Waals surface area contributed by atoms with Crippen molar-refractivity contribution in [2.24, 2.45) is 0 Å². The third-order valence-electron chi connectivity index (χ3n) is 2.43. The highest BCUT2D eigenvalue weighted by atomic mass is 32.1. The summed E-state index contributed by atoms with van der Waals surface area (Å²) in [5, 5.41) is 15.6. The summed E-state index contributed by atoms with van der Waals surface area (Å²) in [5.74, 6) is -0.912. The molecule has 100 valence electrons. The minimum atomic E-state index is -1.01. The number of rotatable bonds is 4. The Morgan fingerprint density at radius 1 is 1.47 bits per heavy atom. The molecule has 2 heterocycles. The van der Waals surface area contributed by atoms with Crippen molar-refractivity contribution in [3.8, 4) is 0 Å². The van der Waals surface area contributed by atoms with Crippen LogP contribution < -0.4 is 5.32 Å². The molecule has 0 saturated heterocycles. The fourth-order valence-corrected chi connectivity index (χ4v) is 2.34. The van der Waals surface area contributed by atoms with Crippen LogP contribution in [-0.2, 0) is 6.54 Å². The zero-order valence-corrected chi connectivity index (χ0v) is 11.1. The number of carbonyl (C=O) groups is 2. The summed E-state index contributed by atoms with van der Waals surface area (Å²) < 4.78 is 4.79. The molecule has 2 aromatic heterocycles. The van der Waals surface area contributed by atoms with Crippen molar-refractivity contribution in [3.63, 3.8) is 0 Å². The summed E-state index contributed by atoms with van der Waals surface area (Å²) in [4.78, 5) is 26.9. The van der Waals surface area contributed by atoms with Gasteiger partial charge in [-0.2, -0.15) is 0 Å². The summed E-state index contributed by atoms with van der Waals surface area (Å²) in [5.41, 5.74) is 0.801. The van der Waals surface area contributed by atoms with Crippen molar-refractivity contribution in [2.75, 3.05) is 0 Å². The molecule has 7 nitrogen and oxygen atoms in total. The molecule has 0 aliphatic carbocycles. The highest BCUT2D eigenvalue weighted by Gasteiger charge is 2.16. The monoisotopic (exact) mass is 281 g/mol. The van der Waals surface area contributed by atoms with Crippen LogP contribution in [-0.4, -0.2) is 27.1 Å². The molecule has 0 saturated carbocycles. The Morgan fingerprint density at radius 2 is 2.21 bits per heavy atom. The van der Waals surface area contributed by atoms with E-state index in [4.69, 9.17) is 9.63 Å². The molecule has 19 heavy (non-hydrogen) atoms. The number of aryl methyl sites for hydroxylation is 2. The predicted octanol–water partition coefficient (Wildman–Crippen LogP) is 1.38. The summed E-state index contributed by atoms with van der Waals surface area (Å²) in [6, 6.07) is 0. The highest BCUT2D eigenvalue weighted by molar-refractivity contribution is 7.13. The second-order valence-electron chi connectivity index (χ2n) is 3.81. The molecule has 0 radical (unpaired) electrons. The number of carboxylic acid groups (broad SMARTS) is 1. The summed E-state index contributed by atoms with van der Waals surface area (Å²) in [7, 11) is 0. The first kappa shape index (κ1) is 13.2. The van der Waals surface area contributed by atoms with Gasteiger partial charge in [-0.25, -0.2) is 9.78 Å². The number of amides is 1. The lowest BCUT2D eigenvalue weighted by Crippen LogP contribution is -2.22. The van der Waals surface area contributed by atoms with E-state index >= 15 is 0 Å². The van der Waals surface area contributed by atoms with E-state index in [1.54, 1.807) is 13.8 Å². The lowest BCUT2D eigenvalue weighted by Gasteiger charge is -2.00. The summed E-state index contributed by atoms with van der Waals surface area (Å²) in [6.07, 6.45) is 1.33. The van der Waals surface area contributed by atoms with Crippen molar-refractivity contribution in [2.45, 2.75) is 20.4 Å². The Kier molecular flexibility index (Phi) is 3.61. The third kappa shape index (κ3) is 2.79. The van der Waals surface area contributed by atoms with E-state index < -0.39 is 5.97 Å². The summed E-state index contributed by atoms with van der Waals surface area (Å²) in [6.45, 7) is 3.43. The van der Waals surface area contributed by atoms with Gasteiger partial charge in [0.05, 0.1) is 18.4 Å². The Labute approximate surface area is 112 Å². The predicted molar refractivity (Wildman–Crippen MR) is 66.2 cm³/mol. The van der Waals surface area contributed by atoms with Crippen molar-refractivity contribution >= 4 is 23.2 Å². The zero-order chi connectivity index (χ0) is 14.0. The first-order valence-corrected chi connectivity index (χ1v) is 6.19. The van der Waals surface area contributed by atoms with Crippen LogP contribution in [0.4, 0.5) is 0 Å². The smallest absolute Gasteiger partial charge is 0.347 e. The van der Waals surface area contributed by atoms with Gasteiger partial charge in [0.15, 0.2) is 0 Å². The van der Waals surface area contributed by atoms with E-state index in [1.165, 1.54) is 6.20 Å². The molecule has 2 N–H and O–H groups in total. The maximum Gasteiger partial charge on any atom is 0.347 e. The Bertz CT molecular complexity index is 632. The molecule has 2 rings (SSSR count). The number of nitrogens with zero attached hydrogens (tertiary/aromatic N) is 2. The third-order valence-corrected chi connectivity index (χ3v) is 3.58. The van der Waals surface area contributed by atoms with Gasteiger partial charge in [0.25, 0.3) is 5.91 Å². The van der Waals surface area contributed by atoms with Gasteiger partial charge < -0.3 is 14.9 Å².